The second-order valence-corrected chi connectivity index (χ2v) is 7.66. The van der Waals surface area contributed by atoms with Crippen LogP contribution in [0.2, 0.25) is 5.02 Å². The minimum atomic E-state index is -0.134. The number of amides is 3. The fourth-order valence-electron chi connectivity index (χ4n) is 3.39. The Labute approximate surface area is 181 Å². The fraction of sp³-hybridized carbons (Fsp3) is 0.364. The number of nitrogens with zero attached hydrogens (tertiary/aromatic N) is 2. The number of para-hydroxylation sites is 1. The largest absolute Gasteiger partial charge is 0.497 e. The van der Waals surface area contributed by atoms with Crippen molar-refractivity contribution >= 4 is 34.9 Å². The third-order valence-electron chi connectivity index (χ3n) is 5.07. The smallest absolute Gasteiger partial charge is 0.321 e. The topological polar surface area (TPSA) is 73.9 Å². The van der Waals surface area contributed by atoms with Crippen molar-refractivity contribution in [2.24, 2.45) is 0 Å². The van der Waals surface area contributed by atoms with Crippen molar-refractivity contribution in [3.63, 3.8) is 0 Å². The van der Waals surface area contributed by atoms with E-state index in [4.69, 9.17) is 16.3 Å². The van der Waals surface area contributed by atoms with E-state index in [0.717, 1.165) is 30.0 Å². The average Bonchev–Trinajstić information content (AvgIpc) is 2.96. The molecule has 0 aliphatic carbocycles. The molecule has 7 nitrogen and oxygen atoms in total. The van der Waals surface area contributed by atoms with Crippen LogP contribution >= 0.6 is 11.6 Å². The number of carbonyl (C=O) groups excluding carboxylic acids is 2. The summed E-state index contributed by atoms with van der Waals surface area (Å²) in [5.41, 5.74) is 2.31. The summed E-state index contributed by atoms with van der Waals surface area (Å²) in [5, 5.41) is 6.33. The molecule has 1 heterocycles. The number of urea groups is 1. The molecule has 2 aromatic rings. The molecule has 0 radical (unpaired) electrons. The zero-order valence-electron chi connectivity index (χ0n) is 17.3. The Morgan fingerprint density at radius 3 is 2.57 bits per heavy atom. The SMILES string of the molecule is COc1ccc(NC(=O)N2CCCN(CC(=O)Nc3ccccc3Cl)CC2)c(C)c1. The molecule has 1 fully saturated rings. The van der Waals surface area contributed by atoms with Crippen molar-refractivity contribution in [1.29, 1.82) is 0 Å². The van der Waals surface area contributed by atoms with Crippen molar-refractivity contribution in [1.82, 2.24) is 9.80 Å². The van der Waals surface area contributed by atoms with Crippen LogP contribution < -0.4 is 15.4 Å². The highest BCUT2D eigenvalue weighted by atomic mass is 35.5. The van der Waals surface area contributed by atoms with Gasteiger partial charge in [0.05, 0.1) is 24.4 Å². The Bertz CT molecular complexity index is 906. The number of nitrogens with one attached hydrogen (secondary N) is 2. The first-order chi connectivity index (χ1) is 14.5. The molecule has 3 rings (SSSR count). The molecular weight excluding hydrogens is 404 g/mol. The van der Waals surface area contributed by atoms with Crippen molar-refractivity contribution in [2.45, 2.75) is 13.3 Å². The van der Waals surface area contributed by atoms with Crippen LogP contribution in [0.4, 0.5) is 16.2 Å². The lowest BCUT2D eigenvalue weighted by Crippen LogP contribution is -2.39. The van der Waals surface area contributed by atoms with Gasteiger partial charge in [-0.2, -0.15) is 0 Å². The standard InChI is InChI=1S/C22H27ClN4O3/c1-16-14-17(30-2)8-9-19(16)25-22(29)27-11-5-10-26(12-13-27)15-21(28)24-20-7-4-3-6-18(20)23/h3-4,6-9,14H,5,10-13,15H2,1-2H3,(H,24,28)(H,25,29). The molecule has 0 spiro atoms. The lowest BCUT2D eigenvalue weighted by atomic mass is 10.2. The Hall–Kier alpha value is -2.77. The number of hydrogen-bond acceptors (Lipinski definition) is 4. The molecule has 0 unspecified atom stereocenters. The van der Waals surface area contributed by atoms with Gasteiger partial charge in [0.15, 0.2) is 0 Å². The summed E-state index contributed by atoms with van der Waals surface area (Å²) < 4.78 is 5.21. The monoisotopic (exact) mass is 430 g/mol. The molecule has 30 heavy (non-hydrogen) atoms. The summed E-state index contributed by atoms with van der Waals surface area (Å²) in [6, 6.07) is 12.6. The molecule has 8 heteroatoms. The van der Waals surface area contributed by atoms with E-state index in [9.17, 15) is 9.59 Å². The van der Waals surface area contributed by atoms with E-state index in [1.165, 1.54) is 0 Å². The predicted octanol–water partition coefficient (Wildman–Crippen LogP) is 3.84. The average molecular weight is 431 g/mol. The number of aryl methyl sites for hydroxylation is 1. The summed E-state index contributed by atoms with van der Waals surface area (Å²) in [6.07, 6.45) is 0.800. The lowest BCUT2D eigenvalue weighted by Gasteiger charge is -2.22. The van der Waals surface area contributed by atoms with Gasteiger partial charge in [-0.15, -0.1) is 0 Å². The maximum Gasteiger partial charge on any atom is 0.321 e. The first-order valence-corrected chi connectivity index (χ1v) is 10.3. The minimum Gasteiger partial charge on any atom is -0.497 e. The zero-order chi connectivity index (χ0) is 21.5. The molecule has 0 aromatic heterocycles. The normalized spacial score (nSPS) is 14.7. The first kappa shape index (κ1) is 21.9. The second kappa shape index (κ2) is 10.3. The second-order valence-electron chi connectivity index (χ2n) is 7.26. The van der Waals surface area contributed by atoms with E-state index in [1.807, 2.05) is 37.3 Å². The number of hydrogen-bond donors (Lipinski definition) is 2. The Morgan fingerprint density at radius 1 is 1.03 bits per heavy atom. The Balaban J connectivity index is 1.51. The molecule has 2 N–H and O–H groups in total. The van der Waals surface area contributed by atoms with Crippen LogP contribution in [0.15, 0.2) is 42.5 Å². The van der Waals surface area contributed by atoms with Crippen LogP contribution in [0.25, 0.3) is 0 Å². The van der Waals surface area contributed by atoms with Gasteiger partial charge in [0.25, 0.3) is 0 Å². The number of halogens is 1. The van der Waals surface area contributed by atoms with Gasteiger partial charge in [0.1, 0.15) is 5.75 Å². The Morgan fingerprint density at radius 2 is 1.83 bits per heavy atom. The van der Waals surface area contributed by atoms with Gasteiger partial charge in [-0.25, -0.2) is 4.79 Å². The van der Waals surface area contributed by atoms with Crippen molar-refractivity contribution in [3.8, 4) is 5.75 Å². The number of rotatable bonds is 5. The van der Waals surface area contributed by atoms with Crippen LogP contribution in [-0.2, 0) is 4.79 Å². The number of anilines is 2. The third kappa shape index (κ3) is 5.87. The molecule has 1 saturated heterocycles. The van der Waals surface area contributed by atoms with Gasteiger partial charge in [-0.3, -0.25) is 9.69 Å². The highest BCUT2D eigenvalue weighted by Crippen LogP contribution is 2.22. The van der Waals surface area contributed by atoms with Gasteiger partial charge in [-0.1, -0.05) is 23.7 Å². The maximum absolute atomic E-state index is 12.7. The van der Waals surface area contributed by atoms with E-state index >= 15 is 0 Å². The molecule has 2 aromatic carbocycles. The minimum absolute atomic E-state index is 0.116. The van der Waals surface area contributed by atoms with E-state index < -0.39 is 0 Å². The van der Waals surface area contributed by atoms with Crippen molar-refractivity contribution < 1.29 is 14.3 Å². The molecule has 0 bridgehead atoms. The van der Waals surface area contributed by atoms with Crippen LogP contribution in [0.3, 0.4) is 0 Å². The van der Waals surface area contributed by atoms with E-state index in [2.05, 4.69) is 15.5 Å². The van der Waals surface area contributed by atoms with Crippen molar-refractivity contribution in [3.05, 3.63) is 53.1 Å². The highest BCUT2D eigenvalue weighted by molar-refractivity contribution is 6.33. The van der Waals surface area contributed by atoms with E-state index in [0.29, 0.717) is 30.3 Å². The molecule has 0 atom stereocenters. The summed E-state index contributed by atoms with van der Waals surface area (Å²) in [7, 11) is 1.62. The summed E-state index contributed by atoms with van der Waals surface area (Å²) in [5.74, 6) is 0.640. The van der Waals surface area contributed by atoms with Gasteiger partial charge in [0, 0.05) is 31.9 Å². The van der Waals surface area contributed by atoms with E-state index in [1.54, 1.807) is 24.1 Å². The molecular formula is C22H27ClN4O3. The number of ether oxygens (including phenoxy) is 1. The van der Waals surface area contributed by atoms with Gasteiger partial charge >= 0.3 is 6.03 Å². The summed E-state index contributed by atoms with van der Waals surface area (Å²) >= 11 is 6.10. The number of carbonyl (C=O) groups is 2. The zero-order valence-corrected chi connectivity index (χ0v) is 18.0. The van der Waals surface area contributed by atoms with Crippen LogP contribution in [-0.4, -0.2) is 61.6 Å². The lowest BCUT2D eigenvalue weighted by molar-refractivity contribution is -0.117. The van der Waals surface area contributed by atoms with E-state index in [-0.39, 0.29) is 18.5 Å². The van der Waals surface area contributed by atoms with Gasteiger partial charge in [-0.05, 0) is 49.2 Å². The van der Waals surface area contributed by atoms with Gasteiger partial charge in [0.2, 0.25) is 5.91 Å². The number of methoxy groups -OCH3 is 1. The predicted molar refractivity (Wildman–Crippen MR) is 119 cm³/mol. The maximum atomic E-state index is 12.7. The molecule has 1 aliphatic rings. The van der Waals surface area contributed by atoms with Crippen LogP contribution in [0.5, 0.6) is 5.75 Å². The van der Waals surface area contributed by atoms with Crippen LogP contribution in [0, 0.1) is 6.92 Å². The quantitative estimate of drug-likeness (QED) is 0.755. The summed E-state index contributed by atoms with van der Waals surface area (Å²) in [6.45, 7) is 4.77. The third-order valence-corrected chi connectivity index (χ3v) is 5.40. The molecule has 3 amide bonds. The molecule has 0 saturated carbocycles. The molecule has 1 aliphatic heterocycles. The highest BCUT2D eigenvalue weighted by Gasteiger charge is 2.21. The first-order valence-electron chi connectivity index (χ1n) is 9.93. The number of benzene rings is 2. The molecule has 160 valence electrons. The Kier molecular flexibility index (Phi) is 7.54. The van der Waals surface area contributed by atoms with Gasteiger partial charge < -0.3 is 20.3 Å². The van der Waals surface area contributed by atoms with Crippen LogP contribution in [0.1, 0.15) is 12.0 Å². The van der Waals surface area contributed by atoms with Crippen molar-refractivity contribution in [2.75, 3.05) is 50.5 Å². The summed E-state index contributed by atoms with van der Waals surface area (Å²) in [4.78, 5) is 28.9. The fourth-order valence-corrected chi connectivity index (χ4v) is 3.57.